The Balaban J connectivity index is 1.84. The lowest BCUT2D eigenvalue weighted by Gasteiger charge is -2.27. The van der Waals surface area contributed by atoms with Gasteiger partial charge in [0.15, 0.2) is 5.82 Å². The van der Waals surface area contributed by atoms with Crippen molar-refractivity contribution in [3.05, 3.63) is 42.2 Å². The van der Waals surface area contributed by atoms with Crippen molar-refractivity contribution < 1.29 is 9.13 Å². The molecule has 19 heavy (non-hydrogen) atoms. The summed E-state index contributed by atoms with van der Waals surface area (Å²) in [6.45, 7) is 3.04. The van der Waals surface area contributed by atoms with E-state index < -0.39 is 0 Å². The van der Waals surface area contributed by atoms with E-state index in [2.05, 4.69) is 15.1 Å². The Kier molecular flexibility index (Phi) is 3.37. The average molecular weight is 259 g/mol. The summed E-state index contributed by atoms with van der Waals surface area (Å²) in [6, 6.07) is 10.3. The van der Waals surface area contributed by atoms with Crippen molar-refractivity contribution in [3.8, 4) is 11.3 Å². The average Bonchev–Trinajstić information content (AvgIpc) is 2.49. The van der Waals surface area contributed by atoms with E-state index in [-0.39, 0.29) is 5.82 Å². The maximum absolute atomic E-state index is 13.6. The number of rotatable bonds is 2. The van der Waals surface area contributed by atoms with E-state index in [0.29, 0.717) is 24.5 Å². The van der Waals surface area contributed by atoms with Gasteiger partial charge in [0, 0.05) is 18.7 Å². The largest absolute Gasteiger partial charge is 0.378 e. The Morgan fingerprint density at radius 1 is 1.00 bits per heavy atom. The number of hydrogen-bond donors (Lipinski definition) is 0. The highest BCUT2D eigenvalue weighted by atomic mass is 19.1. The lowest BCUT2D eigenvalue weighted by molar-refractivity contribution is 0.122. The summed E-state index contributed by atoms with van der Waals surface area (Å²) in [4.78, 5) is 2.11. The Labute approximate surface area is 110 Å². The van der Waals surface area contributed by atoms with Crippen molar-refractivity contribution in [1.29, 1.82) is 0 Å². The smallest absolute Gasteiger partial charge is 0.151 e. The third kappa shape index (κ3) is 2.56. The van der Waals surface area contributed by atoms with Crippen LogP contribution in [-0.4, -0.2) is 36.5 Å². The van der Waals surface area contributed by atoms with Gasteiger partial charge in [0.05, 0.1) is 18.9 Å². The molecule has 2 heterocycles. The zero-order valence-corrected chi connectivity index (χ0v) is 10.4. The van der Waals surface area contributed by atoms with Crippen LogP contribution in [0, 0.1) is 5.82 Å². The van der Waals surface area contributed by atoms with Crippen LogP contribution in [-0.2, 0) is 4.74 Å². The Bertz CT molecular complexity index is 553. The fourth-order valence-corrected chi connectivity index (χ4v) is 2.10. The number of hydrogen-bond acceptors (Lipinski definition) is 4. The number of anilines is 1. The molecule has 1 aliphatic heterocycles. The molecule has 0 atom stereocenters. The van der Waals surface area contributed by atoms with E-state index in [1.54, 1.807) is 24.3 Å². The first kappa shape index (κ1) is 12.0. The van der Waals surface area contributed by atoms with Crippen molar-refractivity contribution in [2.24, 2.45) is 0 Å². The van der Waals surface area contributed by atoms with Gasteiger partial charge in [0.1, 0.15) is 5.82 Å². The number of nitrogens with zero attached hydrogens (tertiary/aromatic N) is 3. The molecule has 0 spiro atoms. The van der Waals surface area contributed by atoms with E-state index in [9.17, 15) is 4.39 Å². The summed E-state index contributed by atoms with van der Waals surface area (Å²) in [6.07, 6.45) is 0. The van der Waals surface area contributed by atoms with Gasteiger partial charge in [-0.25, -0.2) is 4.39 Å². The highest BCUT2D eigenvalue weighted by molar-refractivity contribution is 5.60. The van der Waals surface area contributed by atoms with Crippen molar-refractivity contribution in [2.75, 3.05) is 31.2 Å². The molecule has 1 aromatic heterocycles. The molecule has 0 unspecified atom stereocenters. The molecule has 98 valence electrons. The Morgan fingerprint density at radius 3 is 2.47 bits per heavy atom. The topological polar surface area (TPSA) is 38.2 Å². The fraction of sp³-hybridized carbons (Fsp3) is 0.286. The van der Waals surface area contributed by atoms with Gasteiger partial charge in [-0.15, -0.1) is 10.2 Å². The van der Waals surface area contributed by atoms with Gasteiger partial charge >= 0.3 is 0 Å². The van der Waals surface area contributed by atoms with E-state index >= 15 is 0 Å². The summed E-state index contributed by atoms with van der Waals surface area (Å²) >= 11 is 0. The molecule has 0 aliphatic carbocycles. The van der Waals surface area contributed by atoms with Crippen LogP contribution < -0.4 is 4.90 Å². The van der Waals surface area contributed by atoms with E-state index in [4.69, 9.17) is 4.74 Å². The highest BCUT2D eigenvalue weighted by Gasteiger charge is 2.13. The van der Waals surface area contributed by atoms with Crippen LogP contribution >= 0.6 is 0 Å². The first-order valence-corrected chi connectivity index (χ1v) is 6.26. The van der Waals surface area contributed by atoms with Crippen LogP contribution in [0.4, 0.5) is 10.2 Å². The number of ether oxygens (including phenoxy) is 1. The Hall–Kier alpha value is -2.01. The molecule has 3 rings (SSSR count). The highest BCUT2D eigenvalue weighted by Crippen LogP contribution is 2.21. The maximum Gasteiger partial charge on any atom is 0.151 e. The van der Waals surface area contributed by atoms with E-state index in [1.807, 2.05) is 6.07 Å². The molecule has 5 heteroatoms. The van der Waals surface area contributed by atoms with Crippen molar-refractivity contribution in [3.63, 3.8) is 0 Å². The summed E-state index contributed by atoms with van der Waals surface area (Å²) in [5, 5.41) is 8.29. The quantitative estimate of drug-likeness (QED) is 0.828. The molecule has 1 saturated heterocycles. The van der Waals surface area contributed by atoms with Gasteiger partial charge in [-0.1, -0.05) is 12.1 Å². The SMILES string of the molecule is Fc1ccccc1-c1ccc(N2CCOCC2)nn1. The van der Waals surface area contributed by atoms with E-state index in [1.165, 1.54) is 6.07 Å². The van der Waals surface area contributed by atoms with Gasteiger partial charge in [-0.05, 0) is 24.3 Å². The minimum absolute atomic E-state index is 0.282. The van der Waals surface area contributed by atoms with Crippen LogP contribution in [0.5, 0.6) is 0 Å². The molecule has 1 aromatic carbocycles. The molecule has 1 fully saturated rings. The van der Waals surface area contributed by atoms with Crippen molar-refractivity contribution in [2.45, 2.75) is 0 Å². The monoisotopic (exact) mass is 259 g/mol. The standard InChI is InChI=1S/C14H14FN3O/c15-12-4-2-1-3-11(12)13-5-6-14(17-16-13)18-7-9-19-10-8-18/h1-6H,7-10H2. The zero-order chi connectivity index (χ0) is 13.1. The van der Waals surface area contributed by atoms with Crippen molar-refractivity contribution in [1.82, 2.24) is 10.2 Å². The third-order valence-corrected chi connectivity index (χ3v) is 3.14. The number of halogens is 1. The maximum atomic E-state index is 13.6. The molecule has 2 aromatic rings. The van der Waals surface area contributed by atoms with Crippen molar-refractivity contribution >= 4 is 5.82 Å². The molecule has 0 radical (unpaired) electrons. The molecule has 0 saturated carbocycles. The first-order chi connectivity index (χ1) is 9.34. The van der Waals surface area contributed by atoms with E-state index in [0.717, 1.165) is 18.9 Å². The fourth-order valence-electron chi connectivity index (χ4n) is 2.10. The minimum atomic E-state index is -0.282. The predicted molar refractivity (Wildman–Crippen MR) is 70.5 cm³/mol. The van der Waals surface area contributed by atoms with Crippen LogP contribution in [0.2, 0.25) is 0 Å². The summed E-state index contributed by atoms with van der Waals surface area (Å²) in [7, 11) is 0. The first-order valence-electron chi connectivity index (χ1n) is 6.26. The van der Waals surface area contributed by atoms with Crippen LogP contribution in [0.15, 0.2) is 36.4 Å². The Morgan fingerprint density at radius 2 is 1.79 bits per heavy atom. The summed E-state index contributed by atoms with van der Waals surface area (Å²) < 4.78 is 18.9. The molecular formula is C14H14FN3O. The third-order valence-electron chi connectivity index (χ3n) is 3.14. The van der Waals surface area contributed by atoms with Gasteiger partial charge in [-0.2, -0.15) is 0 Å². The second-order valence-corrected chi connectivity index (χ2v) is 4.36. The molecule has 0 amide bonds. The number of morpholine rings is 1. The molecular weight excluding hydrogens is 245 g/mol. The summed E-state index contributed by atoms with van der Waals surface area (Å²) in [5.74, 6) is 0.527. The van der Waals surface area contributed by atoms with Gasteiger partial charge in [-0.3, -0.25) is 0 Å². The van der Waals surface area contributed by atoms with Crippen LogP contribution in [0.3, 0.4) is 0 Å². The molecule has 0 N–H and O–H groups in total. The van der Waals surface area contributed by atoms with Gasteiger partial charge in [0.2, 0.25) is 0 Å². The van der Waals surface area contributed by atoms with Crippen LogP contribution in [0.25, 0.3) is 11.3 Å². The van der Waals surface area contributed by atoms with Gasteiger partial charge in [0.25, 0.3) is 0 Å². The second kappa shape index (κ2) is 5.32. The zero-order valence-electron chi connectivity index (χ0n) is 10.4. The normalized spacial score (nSPS) is 15.5. The lowest BCUT2D eigenvalue weighted by atomic mass is 10.1. The number of benzene rings is 1. The molecule has 1 aliphatic rings. The minimum Gasteiger partial charge on any atom is -0.378 e. The molecule has 0 bridgehead atoms. The second-order valence-electron chi connectivity index (χ2n) is 4.36. The lowest BCUT2D eigenvalue weighted by Crippen LogP contribution is -2.36. The predicted octanol–water partition coefficient (Wildman–Crippen LogP) is 2.12. The van der Waals surface area contributed by atoms with Crippen LogP contribution in [0.1, 0.15) is 0 Å². The molecule has 4 nitrogen and oxygen atoms in total. The van der Waals surface area contributed by atoms with Gasteiger partial charge < -0.3 is 9.64 Å². The number of aromatic nitrogens is 2. The summed E-state index contributed by atoms with van der Waals surface area (Å²) in [5.41, 5.74) is 1.03.